The molecule has 0 aliphatic rings. The van der Waals surface area contributed by atoms with E-state index < -0.39 is 30.2 Å². The van der Waals surface area contributed by atoms with E-state index in [9.17, 15) is 27.9 Å². The van der Waals surface area contributed by atoms with Gasteiger partial charge < -0.3 is 15.5 Å². The third-order valence-corrected chi connectivity index (χ3v) is 4.10. The van der Waals surface area contributed by atoms with Crippen molar-refractivity contribution in [1.82, 2.24) is 5.32 Å². The molecule has 1 unspecified atom stereocenters. The summed E-state index contributed by atoms with van der Waals surface area (Å²) in [4.78, 5) is 22.7. The number of benzene rings is 2. The number of hydrogen-bond acceptors (Lipinski definition) is 3. The van der Waals surface area contributed by atoms with E-state index in [0.717, 1.165) is 12.1 Å². The first-order valence-corrected chi connectivity index (χ1v) is 8.07. The Bertz CT molecular complexity index is 791. The third-order valence-electron chi connectivity index (χ3n) is 4.10. The number of aryl methyl sites for hydroxylation is 1. The lowest BCUT2D eigenvalue weighted by Crippen LogP contribution is -2.51. The minimum absolute atomic E-state index is 0.0984. The highest BCUT2D eigenvalue weighted by molar-refractivity contribution is 5.87. The van der Waals surface area contributed by atoms with Crippen LogP contribution in [0.25, 0.3) is 0 Å². The second-order valence-electron chi connectivity index (χ2n) is 6.00. The molecule has 0 fully saturated rings. The van der Waals surface area contributed by atoms with Crippen molar-refractivity contribution >= 4 is 11.9 Å². The van der Waals surface area contributed by atoms with Crippen LogP contribution in [-0.2, 0) is 16.8 Å². The monoisotopic (exact) mass is 381 g/mol. The maximum Gasteiger partial charge on any atom is 0.423 e. The quantitative estimate of drug-likeness (QED) is 0.688. The van der Waals surface area contributed by atoms with Gasteiger partial charge in [0.2, 0.25) is 11.5 Å². The molecule has 3 N–H and O–H groups in total. The van der Waals surface area contributed by atoms with E-state index >= 15 is 0 Å². The van der Waals surface area contributed by atoms with Crippen molar-refractivity contribution in [2.45, 2.75) is 24.6 Å². The second-order valence-corrected chi connectivity index (χ2v) is 6.00. The van der Waals surface area contributed by atoms with E-state index in [1.807, 2.05) is 0 Å². The normalized spacial score (nSPS) is 13.6. The molecule has 5 nitrogen and oxygen atoms in total. The summed E-state index contributed by atoms with van der Waals surface area (Å²) in [6.45, 7) is -1.00. The lowest BCUT2D eigenvalue weighted by molar-refractivity contribution is -0.264. The summed E-state index contributed by atoms with van der Waals surface area (Å²) in [6, 6.07) is 12.4. The van der Waals surface area contributed by atoms with Gasteiger partial charge >= 0.3 is 12.1 Å². The van der Waals surface area contributed by atoms with Crippen molar-refractivity contribution in [3.05, 3.63) is 71.3 Å². The van der Waals surface area contributed by atoms with Crippen molar-refractivity contribution < 1.29 is 33.0 Å². The number of carbonyl (C=O) groups is 2. The predicted octanol–water partition coefficient (Wildman–Crippen LogP) is 2.88. The van der Waals surface area contributed by atoms with Gasteiger partial charge in [-0.15, -0.1) is 0 Å². The standard InChI is InChI=1S/C19H18F3NO4/c20-19(21,22)18(27,15-4-2-1-3-5-15)12-23-16(24)11-8-13-6-9-14(10-7-13)17(25)26/h1-7,9-10,27H,8,11-12H2,(H,23,24)(H,25,26). The molecule has 0 aliphatic heterocycles. The van der Waals surface area contributed by atoms with Gasteiger partial charge in [-0.2, -0.15) is 13.2 Å². The molecule has 0 bridgehead atoms. The number of alkyl halides is 3. The topological polar surface area (TPSA) is 86.6 Å². The van der Waals surface area contributed by atoms with Gasteiger partial charge in [-0.1, -0.05) is 42.5 Å². The van der Waals surface area contributed by atoms with Crippen LogP contribution in [0.3, 0.4) is 0 Å². The van der Waals surface area contributed by atoms with E-state index in [1.54, 1.807) is 0 Å². The molecule has 144 valence electrons. The maximum absolute atomic E-state index is 13.3. The molecule has 2 aromatic rings. The molecule has 1 atom stereocenters. The van der Waals surface area contributed by atoms with Crippen molar-refractivity contribution in [2.75, 3.05) is 6.54 Å². The fraction of sp³-hybridized carbons (Fsp3) is 0.263. The molecule has 0 radical (unpaired) electrons. The molecule has 1 amide bonds. The van der Waals surface area contributed by atoms with Gasteiger partial charge in [-0.25, -0.2) is 4.79 Å². The highest BCUT2D eigenvalue weighted by atomic mass is 19.4. The van der Waals surface area contributed by atoms with Gasteiger partial charge in [-0.05, 0) is 29.7 Å². The second kappa shape index (κ2) is 8.22. The minimum atomic E-state index is -4.96. The van der Waals surface area contributed by atoms with Gasteiger partial charge in [0.15, 0.2) is 0 Å². The molecule has 0 aromatic heterocycles. The van der Waals surface area contributed by atoms with Crippen molar-refractivity contribution in [3.63, 3.8) is 0 Å². The summed E-state index contributed by atoms with van der Waals surface area (Å²) in [6.07, 6.45) is -4.84. The summed E-state index contributed by atoms with van der Waals surface area (Å²) in [5, 5.41) is 21.1. The number of nitrogens with one attached hydrogen (secondary N) is 1. The molecule has 0 aliphatic carbocycles. The minimum Gasteiger partial charge on any atom is -0.478 e. The van der Waals surface area contributed by atoms with Crippen LogP contribution < -0.4 is 5.32 Å². The zero-order valence-electron chi connectivity index (χ0n) is 14.2. The van der Waals surface area contributed by atoms with Crippen molar-refractivity contribution in [1.29, 1.82) is 0 Å². The Morgan fingerprint density at radius 2 is 1.56 bits per heavy atom. The lowest BCUT2D eigenvalue weighted by Gasteiger charge is -2.31. The van der Waals surface area contributed by atoms with Crippen molar-refractivity contribution in [3.8, 4) is 0 Å². The zero-order chi connectivity index (χ0) is 20.1. The number of hydrogen-bond donors (Lipinski definition) is 3. The zero-order valence-corrected chi connectivity index (χ0v) is 14.2. The molecular weight excluding hydrogens is 363 g/mol. The number of carbonyl (C=O) groups excluding carboxylic acids is 1. The number of rotatable bonds is 7. The van der Waals surface area contributed by atoms with E-state index in [4.69, 9.17) is 5.11 Å². The number of aliphatic hydroxyl groups is 1. The van der Waals surface area contributed by atoms with E-state index in [1.165, 1.54) is 42.5 Å². The van der Waals surface area contributed by atoms with Crippen LogP contribution in [0.15, 0.2) is 54.6 Å². The average Bonchev–Trinajstić information content (AvgIpc) is 2.64. The maximum atomic E-state index is 13.3. The van der Waals surface area contributed by atoms with Gasteiger partial charge in [-0.3, -0.25) is 4.79 Å². The fourth-order valence-electron chi connectivity index (χ4n) is 2.47. The highest BCUT2D eigenvalue weighted by Gasteiger charge is 2.55. The third kappa shape index (κ3) is 5.07. The van der Waals surface area contributed by atoms with E-state index in [-0.39, 0.29) is 24.0 Å². The Balaban J connectivity index is 1.97. The first kappa shape index (κ1) is 20.4. The predicted molar refractivity (Wildman–Crippen MR) is 91.1 cm³/mol. The summed E-state index contributed by atoms with van der Waals surface area (Å²) in [5.74, 6) is -1.73. The van der Waals surface area contributed by atoms with Crippen LogP contribution in [-0.4, -0.2) is 34.8 Å². The molecule has 8 heteroatoms. The van der Waals surface area contributed by atoms with E-state index in [2.05, 4.69) is 5.32 Å². The first-order chi connectivity index (χ1) is 12.6. The largest absolute Gasteiger partial charge is 0.478 e. The van der Waals surface area contributed by atoms with Gasteiger partial charge in [0.05, 0.1) is 12.1 Å². The highest BCUT2D eigenvalue weighted by Crippen LogP contribution is 2.38. The molecule has 0 saturated carbocycles. The number of amides is 1. The van der Waals surface area contributed by atoms with Gasteiger partial charge in [0, 0.05) is 6.42 Å². The molecule has 0 spiro atoms. The molecule has 2 rings (SSSR count). The Labute approximate surface area is 153 Å². The van der Waals surface area contributed by atoms with Crippen molar-refractivity contribution in [2.24, 2.45) is 0 Å². The number of aromatic carboxylic acids is 1. The van der Waals surface area contributed by atoms with Crippen LogP contribution >= 0.6 is 0 Å². The lowest BCUT2D eigenvalue weighted by atomic mass is 9.93. The summed E-state index contributed by atoms with van der Waals surface area (Å²) in [7, 11) is 0. The van der Waals surface area contributed by atoms with E-state index in [0.29, 0.717) is 5.56 Å². The Hall–Kier alpha value is -2.87. The Morgan fingerprint density at radius 3 is 2.07 bits per heavy atom. The van der Waals surface area contributed by atoms with Crippen LogP contribution in [0.5, 0.6) is 0 Å². The van der Waals surface area contributed by atoms with Crippen LogP contribution in [0.1, 0.15) is 27.9 Å². The number of carboxylic acid groups (broad SMARTS) is 1. The number of halogens is 3. The fourth-order valence-corrected chi connectivity index (χ4v) is 2.47. The summed E-state index contributed by atoms with van der Waals surface area (Å²) >= 11 is 0. The summed E-state index contributed by atoms with van der Waals surface area (Å²) in [5.41, 5.74) is -2.78. The molecular formula is C19H18F3NO4. The smallest absolute Gasteiger partial charge is 0.423 e. The molecule has 27 heavy (non-hydrogen) atoms. The summed E-state index contributed by atoms with van der Waals surface area (Å²) < 4.78 is 40.0. The van der Waals surface area contributed by atoms with Crippen LogP contribution in [0, 0.1) is 0 Å². The first-order valence-electron chi connectivity index (χ1n) is 8.07. The SMILES string of the molecule is O=C(CCc1ccc(C(=O)O)cc1)NCC(O)(c1ccccc1)C(F)(F)F. The number of carboxylic acids is 1. The Morgan fingerprint density at radius 1 is 0.963 bits per heavy atom. The van der Waals surface area contributed by atoms with Gasteiger partial charge in [0.1, 0.15) is 0 Å². The Kier molecular flexibility index (Phi) is 6.22. The molecule has 0 heterocycles. The van der Waals surface area contributed by atoms with Gasteiger partial charge in [0.25, 0.3) is 0 Å². The molecule has 2 aromatic carbocycles. The van der Waals surface area contributed by atoms with Crippen LogP contribution in [0.4, 0.5) is 13.2 Å². The average molecular weight is 381 g/mol. The van der Waals surface area contributed by atoms with Crippen LogP contribution in [0.2, 0.25) is 0 Å². The molecule has 0 saturated heterocycles.